The standard InChI is InChI=1S/C15H19N2O/c1-12-5-4-7-13(11-12)6-2-3-8-14(9-10-16)15(17)18/h4-5,7,11,14H,1,3,8-10,16H2,(H2,17,18). The third-order valence-electron chi connectivity index (χ3n) is 2.70. The van der Waals surface area contributed by atoms with Gasteiger partial charge in [-0.25, -0.2) is 0 Å². The van der Waals surface area contributed by atoms with E-state index < -0.39 is 0 Å². The molecule has 0 heterocycles. The molecular weight excluding hydrogens is 224 g/mol. The number of rotatable bonds is 5. The van der Waals surface area contributed by atoms with E-state index in [0.717, 1.165) is 11.1 Å². The Balaban J connectivity index is 2.48. The van der Waals surface area contributed by atoms with Crippen molar-refractivity contribution in [1.29, 1.82) is 0 Å². The summed E-state index contributed by atoms with van der Waals surface area (Å²) in [7, 11) is 0. The highest BCUT2D eigenvalue weighted by molar-refractivity contribution is 5.76. The Morgan fingerprint density at radius 2 is 2.17 bits per heavy atom. The zero-order chi connectivity index (χ0) is 13.4. The third-order valence-corrected chi connectivity index (χ3v) is 2.70. The van der Waals surface area contributed by atoms with E-state index in [4.69, 9.17) is 11.5 Å². The molecule has 0 saturated carbocycles. The van der Waals surface area contributed by atoms with Crippen LogP contribution < -0.4 is 11.5 Å². The van der Waals surface area contributed by atoms with E-state index in [1.54, 1.807) is 0 Å². The Bertz CT molecular complexity index is 457. The predicted octanol–water partition coefficient (Wildman–Crippen LogP) is 1.45. The quantitative estimate of drug-likeness (QED) is 0.768. The summed E-state index contributed by atoms with van der Waals surface area (Å²) in [6.45, 7) is 4.32. The van der Waals surface area contributed by atoms with Crippen molar-refractivity contribution < 1.29 is 4.79 Å². The monoisotopic (exact) mass is 243 g/mol. The number of benzene rings is 1. The van der Waals surface area contributed by atoms with Crippen LogP contribution in [-0.2, 0) is 4.79 Å². The van der Waals surface area contributed by atoms with E-state index in [1.807, 2.05) is 24.3 Å². The first-order chi connectivity index (χ1) is 8.63. The molecule has 0 aliphatic carbocycles. The summed E-state index contributed by atoms with van der Waals surface area (Å²) < 4.78 is 0. The van der Waals surface area contributed by atoms with Gasteiger partial charge >= 0.3 is 0 Å². The Labute approximate surface area is 109 Å². The number of carbonyl (C=O) groups is 1. The maximum atomic E-state index is 11.1. The van der Waals surface area contributed by atoms with Crippen LogP contribution in [0.5, 0.6) is 0 Å². The summed E-state index contributed by atoms with van der Waals surface area (Å²) in [4.78, 5) is 11.1. The van der Waals surface area contributed by atoms with Crippen LogP contribution in [0.15, 0.2) is 24.3 Å². The zero-order valence-electron chi connectivity index (χ0n) is 10.5. The highest BCUT2D eigenvalue weighted by Crippen LogP contribution is 2.09. The fraction of sp³-hybridized carbons (Fsp3) is 0.333. The molecule has 4 N–H and O–H groups in total. The van der Waals surface area contributed by atoms with Crippen LogP contribution in [0, 0.1) is 24.7 Å². The first-order valence-corrected chi connectivity index (χ1v) is 6.03. The molecule has 18 heavy (non-hydrogen) atoms. The van der Waals surface area contributed by atoms with Gasteiger partial charge in [-0.15, -0.1) is 0 Å². The van der Waals surface area contributed by atoms with Gasteiger partial charge in [0, 0.05) is 17.9 Å². The molecule has 1 rings (SSSR count). The fourth-order valence-corrected chi connectivity index (χ4v) is 1.69. The molecule has 1 aromatic rings. The van der Waals surface area contributed by atoms with Gasteiger partial charge in [-0.2, -0.15) is 0 Å². The summed E-state index contributed by atoms with van der Waals surface area (Å²) >= 11 is 0. The lowest BCUT2D eigenvalue weighted by molar-refractivity contribution is -0.122. The molecule has 0 fully saturated rings. The van der Waals surface area contributed by atoms with Crippen molar-refractivity contribution in [3.63, 3.8) is 0 Å². The largest absolute Gasteiger partial charge is 0.369 e. The van der Waals surface area contributed by atoms with Crippen LogP contribution in [0.25, 0.3) is 0 Å². The molecule has 0 aliphatic heterocycles. The Hall–Kier alpha value is -1.79. The second-order valence-corrected chi connectivity index (χ2v) is 4.22. The smallest absolute Gasteiger partial charge is 0.220 e. The van der Waals surface area contributed by atoms with E-state index >= 15 is 0 Å². The summed E-state index contributed by atoms with van der Waals surface area (Å²) in [5.74, 6) is 5.64. The minimum atomic E-state index is -0.290. The fourth-order valence-electron chi connectivity index (χ4n) is 1.69. The summed E-state index contributed by atoms with van der Waals surface area (Å²) in [6.07, 6.45) is 1.95. The molecule has 0 spiro atoms. The van der Waals surface area contributed by atoms with Crippen molar-refractivity contribution >= 4 is 5.91 Å². The molecule has 1 unspecified atom stereocenters. The molecule has 95 valence electrons. The van der Waals surface area contributed by atoms with Crippen molar-refractivity contribution in [2.75, 3.05) is 6.54 Å². The molecule has 1 atom stereocenters. The van der Waals surface area contributed by atoms with Crippen LogP contribution in [0.2, 0.25) is 0 Å². The van der Waals surface area contributed by atoms with Gasteiger partial charge in [-0.05, 0) is 44.0 Å². The van der Waals surface area contributed by atoms with Crippen molar-refractivity contribution in [3.05, 3.63) is 42.3 Å². The van der Waals surface area contributed by atoms with Crippen molar-refractivity contribution in [2.45, 2.75) is 19.3 Å². The van der Waals surface area contributed by atoms with Crippen LogP contribution >= 0.6 is 0 Å². The van der Waals surface area contributed by atoms with E-state index in [9.17, 15) is 4.79 Å². The number of nitrogens with two attached hydrogens (primary N) is 2. The number of hydrogen-bond donors (Lipinski definition) is 2. The van der Waals surface area contributed by atoms with Gasteiger partial charge in [0.05, 0.1) is 0 Å². The number of hydrogen-bond acceptors (Lipinski definition) is 2. The highest BCUT2D eigenvalue weighted by Gasteiger charge is 2.12. The lowest BCUT2D eigenvalue weighted by atomic mass is 9.99. The van der Waals surface area contributed by atoms with Crippen LogP contribution in [0.3, 0.4) is 0 Å². The van der Waals surface area contributed by atoms with Crippen molar-refractivity contribution in [3.8, 4) is 11.8 Å². The van der Waals surface area contributed by atoms with Crippen LogP contribution in [0.1, 0.15) is 30.4 Å². The highest BCUT2D eigenvalue weighted by atomic mass is 16.1. The van der Waals surface area contributed by atoms with E-state index in [0.29, 0.717) is 25.8 Å². The van der Waals surface area contributed by atoms with Gasteiger partial charge < -0.3 is 11.5 Å². The first-order valence-electron chi connectivity index (χ1n) is 6.03. The molecule has 1 aromatic carbocycles. The predicted molar refractivity (Wildman–Crippen MR) is 73.4 cm³/mol. The van der Waals surface area contributed by atoms with Crippen LogP contribution in [0.4, 0.5) is 0 Å². The first kappa shape index (κ1) is 14.3. The molecule has 1 amide bonds. The molecule has 3 heteroatoms. The number of amides is 1. The molecular formula is C15H19N2O. The molecule has 0 aromatic heterocycles. The molecule has 0 aliphatic rings. The second kappa shape index (κ2) is 7.52. The van der Waals surface area contributed by atoms with Gasteiger partial charge in [-0.1, -0.05) is 24.0 Å². The third kappa shape index (κ3) is 5.03. The van der Waals surface area contributed by atoms with Crippen LogP contribution in [-0.4, -0.2) is 12.5 Å². The lowest BCUT2D eigenvalue weighted by Crippen LogP contribution is -2.25. The Morgan fingerprint density at radius 3 is 2.78 bits per heavy atom. The topological polar surface area (TPSA) is 69.1 Å². The summed E-state index contributed by atoms with van der Waals surface area (Å²) in [5.41, 5.74) is 12.6. The molecule has 0 saturated heterocycles. The Morgan fingerprint density at radius 1 is 1.39 bits per heavy atom. The average molecular weight is 243 g/mol. The maximum absolute atomic E-state index is 11.1. The van der Waals surface area contributed by atoms with Gasteiger partial charge in [0.15, 0.2) is 0 Å². The van der Waals surface area contributed by atoms with Gasteiger partial charge in [0.2, 0.25) is 5.91 Å². The van der Waals surface area contributed by atoms with E-state index in [-0.39, 0.29) is 11.8 Å². The van der Waals surface area contributed by atoms with E-state index in [1.165, 1.54) is 0 Å². The number of primary amides is 1. The van der Waals surface area contributed by atoms with Gasteiger partial charge in [0.25, 0.3) is 0 Å². The molecule has 1 radical (unpaired) electrons. The minimum absolute atomic E-state index is 0.163. The summed E-state index contributed by atoms with van der Waals surface area (Å²) in [6, 6.07) is 7.72. The van der Waals surface area contributed by atoms with E-state index in [2.05, 4.69) is 18.8 Å². The Kier molecular flexibility index (Phi) is 5.96. The lowest BCUT2D eigenvalue weighted by Gasteiger charge is -2.08. The summed E-state index contributed by atoms with van der Waals surface area (Å²) in [5, 5.41) is 0. The average Bonchev–Trinajstić information content (AvgIpc) is 2.33. The SMILES string of the molecule is [CH2]c1cccc(C#CCCC(CCN)C(N)=O)c1. The molecule has 0 bridgehead atoms. The van der Waals surface area contributed by atoms with Gasteiger partial charge in [-0.3, -0.25) is 4.79 Å². The normalized spacial score (nSPS) is 11.4. The van der Waals surface area contributed by atoms with Crippen molar-refractivity contribution in [1.82, 2.24) is 0 Å². The maximum Gasteiger partial charge on any atom is 0.220 e. The van der Waals surface area contributed by atoms with Gasteiger partial charge in [0.1, 0.15) is 0 Å². The van der Waals surface area contributed by atoms with Crippen molar-refractivity contribution in [2.24, 2.45) is 17.4 Å². The second-order valence-electron chi connectivity index (χ2n) is 4.22. The number of carbonyl (C=O) groups excluding carboxylic acids is 1. The zero-order valence-corrected chi connectivity index (χ0v) is 10.5. The molecule has 3 nitrogen and oxygen atoms in total. The minimum Gasteiger partial charge on any atom is -0.369 e.